The van der Waals surface area contributed by atoms with E-state index < -0.39 is 11.1 Å². The predicted molar refractivity (Wildman–Crippen MR) is 34.9 cm³/mol. The lowest BCUT2D eigenvalue weighted by Crippen LogP contribution is -2.07. The van der Waals surface area contributed by atoms with Gasteiger partial charge in [-0.15, -0.1) is 0 Å². The van der Waals surface area contributed by atoms with Crippen LogP contribution in [0.5, 0.6) is 0 Å². The van der Waals surface area contributed by atoms with Gasteiger partial charge in [-0.25, -0.2) is 4.99 Å². The van der Waals surface area contributed by atoms with Crippen LogP contribution >= 0.6 is 23.2 Å². The smallest absolute Gasteiger partial charge is 0.220 e. The minimum Gasteiger partial charge on any atom is -0.474 e. The topological polar surface area (TPSA) is 41.8 Å². The third-order valence-corrected chi connectivity index (χ3v) is 1.22. The molecule has 0 unspecified atom stereocenters. The Bertz CT molecular complexity index is 137. The van der Waals surface area contributed by atoms with Crippen LogP contribution in [0.2, 0.25) is 0 Å². The van der Waals surface area contributed by atoms with Crippen molar-refractivity contribution in [1.82, 2.24) is 0 Å². The van der Waals surface area contributed by atoms with Crippen LogP contribution in [0.3, 0.4) is 0 Å². The first-order valence-corrected chi connectivity index (χ1v) is 3.24. The van der Waals surface area contributed by atoms with Crippen LogP contribution in [0, 0.1) is 0 Å². The molecule has 1 atom stereocenters. The van der Waals surface area contributed by atoms with Gasteiger partial charge in [-0.3, -0.25) is 0 Å². The van der Waals surface area contributed by atoms with Crippen molar-refractivity contribution in [2.24, 2.45) is 4.99 Å². The largest absolute Gasteiger partial charge is 0.474 e. The summed E-state index contributed by atoms with van der Waals surface area (Å²) in [5.74, 6) is 0.200. The molecular weight excluding hydrogens is 165 g/mol. The lowest BCUT2D eigenvalue weighted by Gasteiger charge is -1.97. The Balaban J connectivity index is 2.52. The maximum absolute atomic E-state index is 8.72. The van der Waals surface area contributed by atoms with E-state index in [9.17, 15) is 0 Å². The zero-order chi connectivity index (χ0) is 6.85. The molecule has 3 nitrogen and oxygen atoms in total. The van der Waals surface area contributed by atoms with Gasteiger partial charge in [0.05, 0.1) is 0 Å². The van der Waals surface area contributed by atoms with Crippen molar-refractivity contribution in [1.29, 1.82) is 0 Å². The average Bonchev–Trinajstić information content (AvgIpc) is 2.14. The fraction of sp³-hybridized carbons (Fsp3) is 0.750. The summed E-state index contributed by atoms with van der Waals surface area (Å²) in [4.78, 5) is 2.81. The van der Waals surface area contributed by atoms with E-state index in [-0.39, 0.29) is 12.5 Å². The molecule has 0 spiro atoms. The molecule has 0 fully saturated rings. The first kappa shape index (κ1) is 7.12. The number of hydrogen-bond acceptors (Lipinski definition) is 3. The SMILES string of the molecule is O[C@@H]1COC(C(Cl)Cl)=N1. The average molecular weight is 170 g/mol. The van der Waals surface area contributed by atoms with Crippen LogP contribution in [0.1, 0.15) is 0 Å². The molecule has 1 heterocycles. The first-order chi connectivity index (χ1) is 4.20. The van der Waals surface area contributed by atoms with Gasteiger partial charge in [0.25, 0.3) is 0 Å². The molecule has 0 radical (unpaired) electrons. The number of hydrogen-bond donors (Lipinski definition) is 1. The lowest BCUT2D eigenvalue weighted by atomic mass is 10.7. The highest BCUT2D eigenvalue weighted by atomic mass is 35.5. The van der Waals surface area contributed by atoms with Crippen LogP contribution in [-0.4, -0.2) is 28.7 Å². The molecule has 52 valence electrons. The summed E-state index contributed by atoms with van der Waals surface area (Å²) in [6.45, 7) is 0.158. The quantitative estimate of drug-likeness (QED) is 0.583. The van der Waals surface area contributed by atoms with Crippen molar-refractivity contribution in [2.45, 2.75) is 11.1 Å². The van der Waals surface area contributed by atoms with Gasteiger partial charge < -0.3 is 9.84 Å². The molecular formula is C4H5Cl2NO2. The van der Waals surface area contributed by atoms with E-state index in [2.05, 4.69) is 4.99 Å². The van der Waals surface area contributed by atoms with Crippen molar-refractivity contribution in [3.05, 3.63) is 0 Å². The lowest BCUT2D eigenvalue weighted by molar-refractivity contribution is 0.139. The Labute approximate surface area is 62.2 Å². The Morgan fingerprint density at radius 1 is 1.78 bits per heavy atom. The first-order valence-electron chi connectivity index (χ1n) is 2.37. The van der Waals surface area contributed by atoms with E-state index in [1.165, 1.54) is 0 Å². The van der Waals surface area contributed by atoms with Gasteiger partial charge in [0.15, 0.2) is 11.1 Å². The van der Waals surface area contributed by atoms with E-state index in [0.29, 0.717) is 0 Å². The van der Waals surface area contributed by atoms with E-state index in [1.54, 1.807) is 0 Å². The molecule has 0 aromatic carbocycles. The summed E-state index contributed by atoms with van der Waals surface area (Å²) >= 11 is 10.7. The molecule has 0 aromatic heterocycles. The van der Waals surface area contributed by atoms with Gasteiger partial charge in [-0.2, -0.15) is 0 Å². The second-order valence-electron chi connectivity index (χ2n) is 1.56. The van der Waals surface area contributed by atoms with Gasteiger partial charge >= 0.3 is 0 Å². The monoisotopic (exact) mass is 169 g/mol. The predicted octanol–water partition coefficient (Wildman–Crippen LogP) is 0.537. The maximum atomic E-state index is 8.72. The van der Waals surface area contributed by atoms with Crippen LogP contribution in [0.4, 0.5) is 0 Å². The van der Waals surface area contributed by atoms with Crippen molar-refractivity contribution in [3.8, 4) is 0 Å². The zero-order valence-electron chi connectivity index (χ0n) is 4.42. The second-order valence-corrected chi connectivity index (χ2v) is 2.66. The van der Waals surface area contributed by atoms with E-state index in [0.717, 1.165) is 0 Å². The number of halogens is 2. The highest BCUT2D eigenvalue weighted by molar-refractivity contribution is 6.53. The molecule has 0 saturated carbocycles. The molecule has 1 aliphatic heterocycles. The number of rotatable bonds is 1. The number of ether oxygens (including phenoxy) is 1. The van der Waals surface area contributed by atoms with Crippen LogP contribution in [-0.2, 0) is 4.74 Å². The number of aliphatic imine (C=N–C) groups is 1. The fourth-order valence-corrected chi connectivity index (χ4v) is 0.739. The van der Waals surface area contributed by atoms with Crippen molar-refractivity contribution in [3.63, 3.8) is 0 Å². The van der Waals surface area contributed by atoms with E-state index in [4.69, 9.17) is 33.0 Å². The number of alkyl halides is 2. The number of nitrogens with zero attached hydrogens (tertiary/aromatic N) is 1. The van der Waals surface area contributed by atoms with Gasteiger partial charge in [0.1, 0.15) is 6.61 Å². The molecule has 0 bridgehead atoms. The van der Waals surface area contributed by atoms with Gasteiger partial charge in [-0.05, 0) is 0 Å². The molecule has 1 N–H and O–H groups in total. The van der Waals surface area contributed by atoms with Crippen LogP contribution < -0.4 is 0 Å². The number of aliphatic hydroxyl groups is 1. The summed E-state index contributed by atoms with van der Waals surface area (Å²) < 4.78 is 4.76. The molecule has 0 amide bonds. The fourth-order valence-electron chi connectivity index (χ4n) is 0.501. The molecule has 0 saturated heterocycles. The highest BCUT2D eigenvalue weighted by Gasteiger charge is 2.20. The summed E-state index contributed by atoms with van der Waals surface area (Å²) in [6, 6.07) is 0. The minimum atomic E-state index is -0.792. The standard InChI is InChI=1S/C4H5Cl2NO2/c5-3(6)4-7-2(8)1-9-4/h2-3,8H,1H2/t2-/m1/s1. The highest BCUT2D eigenvalue weighted by Crippen LogP contribution is 2.11. The molecule has 0 aromatic rings. The minimum absolute atomic E-state index is 0.158. The molecule has 5 heteroatoms. The normalized spacial score (nSPS) is 26.2. The third kappa shape index (κ3) is 1.71. The molecule has 0 aliphatic carbocycles. The van der Waals surface area contributed by atoms with Gasteiger partial charge in [0.2, 0.25) is 5.90 Å². The Kier molecular flexibility index (Phi) is 2.16. The van der Waals surface area contributed by atoms with Crippen molar-refractivity contribution >= 4 is 29.1 Å². The Morgan fingerprint density at radius 3 is 2.67 bits per heavy atom. The van der Waals surface area contributed by atoms with Gasteiger partial charge in [0, 0.05) is 0 Å². The summed E-state index contributed by atoms with van der Waals surface area (Å²) in [5.41, 5.74) is 0. The second kappa shape index (κ2) is 2.73. The van der Waals surface area contributed by atoms with Crippen molar-refractivity contribution < 1.29 is 9.84 Å². The summed E-state index contributed by atoms with van der Waals surface area (Å²) in [6.07, 6.45) is -0.792. The van der Waals surface area contributed by atoms with E-state index >= 15 is 0 Å². The van der Waals surface area contributed by atoms with Crippen molar-refractivity contribution in [2.75, 3.05) is 6.61 Å². The summed E-state index contributed by atoms with van der Waals surface area (Å²) in [7, 11) is 0. The molecule has 1 aliphatic rings. The number of aliphatic hydroxyl groups excluding tert-OH is 1. The Morgan fingerprint density at radius 2 is 2.44 bits per heavy atom. The molecule has 1 rings (SSSR count). The molecule has 9 heavy (non-hydrogen) atoms. The van der Waals surface area contributed by atoms with Crippen LogP contribution in [0.15, 0.2) is 4.99 Å². The summed E-state index contributed by atoms with van der Waals surface area (Å²) in [5, 5.41) is 8.72. The Hall–Kier alpha value is 0.01000. The maximum Gasteiger partial charge on any atom is 0.220 e. The van der Waals surface area contributed by atoms with Crippen LogP contribution in [0.25, 0.3) is 0 Å². The third-order valence-electron chi connectivity index (χ3n) is 0.843. The van der Waals surface area contributed by atoms with Gasteiger partial charge in [-0.1, -0.05) is 23.2 Å². The van der Waals surface area contributed by atoms with E-state index in [1.807, 2.05) is 0 Å². The zero-order valence-corrected chi connectivity index (χ0v) is 5.93.